The first kappa shape index (κ1) is 51.4. The van der Waals surface area contributed by atoms with Crippen molar-refractivity contribution in [1.29, 1.82) is 0 Å². The largest absolute Gasteiger partial charge is 0.606 e. The minimum Gasteiger partial charge on any atom is -0.606 e. The van der Waals surface area contributed by atoms with E-state index in [1.54, 1.807) is 0 Å². The van der Waals surface area contributed by atoms with Crippen molar-refractivity contribution in [1.82, 2.24) is 0 Å². The number of phosphoric ester groups is 1. The third kappa shape index (κ3) is 23.3. The molecule has 1 unspecified atom stereocenters. The maximum Gasteiger partial charge on any atom is 0.377 e. The summed E-state index contributed by atoms with van der Waals surface area (Å²) in [7, 11) is 1.45. The van der Waals surface area contributed by atoms with Crippen molar-refractivity contribution >= 4 is 47.7 Å². The van der Waals surface area contributed by atoms with Gasteiger partial charge in [-0.2, -0.15) is 13.9 Å². The molecule has 0 aliphatic heterocycles. The molecule has 336 valence electrons. The van der Waals surface area contributed by atoms with Gasteiger partial charge < -0.3 is 18.9 Å². The quantitative estimate of drug-likeness (QED) is 0.0205. The number of benzene rings is 3. The predicted molar refractivity (Wildman–Crippen MR) is 247 cm³/mol. The molecule has 0 saturated heterocycles. The molecule has 3 aromatic carbocycles. The number of nitrogens with zero attached hydrogens (tertiary/aromatic N) is 1. The number of carbonyl (C=O) groups excluding carboxylic acids is 2. The van der Waals surface area contributed by atoms with E-state index in [1.165, 1.54) is 91.3 Å². The summed E-state index contributed by atoms with van der Waals surface area (Å²) in [6.45, 7) is 2.13. The van der Waals surface area contributed by atoms with E-state index in [-0.39, 0.29) is 32.0 Å². The molecule has 0 saturated carbocycles. The van der Waals surface area contributed by atoms with Crippen molar-refractivity contribution in [2.75, 3.05) is 47.5 Å². The van der Waals surface area contributed by atoms with Crippen molar-refractivity contribution < 1.29 is 42.4 Å². The van der Waals surface area contributed by atoms with Gasteiger partial charge in [-0.15, -0.1) is 0 Å². The first-order valence-corrected chi connectivity index (χ1v) is 24.8. The Balaban J connectivity index is 1.30. The molecule has 3 rings (SSSR count). The number of quaternary nitrogens is 1. The highest BCUT2D eigenvalue weighted by atomic mass is 31.2. The molecule has 0 bridgehead atoms. The normalized spacial score (nSPS) is 13.6. The SMILES string of the molecule is CCCCCCCCCCCCCCCC(=O)OC[C@H](CO[P+]([O-])(O)OCC[N+](C)(C)C)OC(=O)CCCCCCCCC/C=C/c1c2ccccc2cc2ccccc12. The van der Waals surface area contributed by atoms with Crippen molar-refractivity contribution in [3.8, 4) is 0 Å². The predicted octanol–water partition coefficient (Wildman–Crippen LogP) is 12.2. The van der Waals surface area contributed by atoms with Gasteiger partial charge in [-0.1, -0.05) is 177 Å². The van der Waals surface area contributed by atoms with E-state index >= 15 is 0 Å². The van der Waals surface area contributed by atoms with Gasteiger partial charge in [0.05, 0.1) is 21.1 Å². The van der Waals surface area contributed by atoms with Crippen LogP contribution in [0.2, 0.25) is 0 Å². The fraction of sp³-hybridized carbons (Fsp3) is 0.640. The molecule has 0 radical (unpaired) electrons. The fourth-order valence-electron chi connectivity index (χ4n) is 7.40. The van der Waals surface area contributed by atoms with Crippen LogP contribution >= 0.6 is 8.17 Å². The van der Waals surface area contributed by atoms with Gasteiger partial charge in [-0.25, -0.2) is 0 Å². The summed E-state index contributed by atoms with van der Waals surface area (Å²) in [5.74, 6) is -0.819. The Morgan fingerprint density at radius 1 is 0.667 bits per heavy atom. The molecule has 0 aliphatic carbocycles. The summed E-state index contributed by atoms with van der Waals surface area (Å²) >= 11 is 0. The maximum atomic E-state index is 12.8. The zero-order chi connectivity index (χ0) is 43.3. The Kier molecular flexibility index (Phi) is 25.9. The van der Waals surface area contributed by atoms with Gasteiger partial charge in [0.25, 0.3) is 0 Å². The van der Waals surface area contributed by atoms with Crippen LogP contribution in [0.15, 0.2) is 60.7 Å². The van der Waals surface area contributed by atoms with Gasteiger partial charge in [0.2, 0.25) is 0 Å². The molecule has 2 atom stereocenters. The molecule has 60 heavy (non-hydrogen) atoms. The average Bonchev–Trinajstić information content (AvgIpc) is 3.21. The van der Waals surface area contributed by atoms with Gasteiger partial charge in [0.1, 0.15) is 26.4 Å². The van der Waals surface area contributed by atoms with Crippen molar-refractivity contribution in [2.45, 2.75) is 161 Å². The number of allylic oxidation sites excluding steroid dienone is 1. The van der Waals surface area contributed by atoms with E-state index < -0.39 is 26.9 Å². The Bertz CT molecular complexity index is 1600. The van der Waals surface area contributed by atoms with E-state index in [1.807, 2.05) is 21.1 Å². The smallest absolute Gasteiger partial charge is 0.377 e. The number of fused-ring (bicyclic) bond motifs is 2. The lowest BCUT2D eigenvalue weighted by molar-refractivity contribution is -0.870. The number of rotatable bonds is 35. The number of hydrogen-bond donors (Lipinski definition) is 1. The zero-order valence-electron chi connectivity index (χ0n) is 37.7. The summed E-state index contributed by atoms with van der Waals surface area (Å²) in [5.41, 5.74) is 1.29. The summed E-state index contributed by atoms with van der Waals surface area (Å²) in [6.07, 6.45) is 28.2. The fourth-order valence-corrected chi connectivity index (χ4v) is 8.14. The summed E-state index contributed by atoms with van der Waals surface area (Å²) in [5, 5.41) is 5.09. The van der Waals surface area contributed by atoms with Gasteiger partial charge in [0.15, 0.2) is 6.10 Å². The van der Waals surface area contributed by atoms with E-state index in [9.17, 15) is 19.4 Å². The molecule has 0 aromatic heterocycles. The molecule has 0 fully saturated rings. The number of carbonyl (C=O) groups is 2. The summed E-state index contributed by atoms with van der Waals surface area (Å²) < 4.78 is 21.9. The molecule has 9 nitrogen and oxygen atoms in total. The van der Waals surface area contributed by atoms with Gasteiger partial charge >= 0.3 is 20.1 Å². The molecule has 10 heteroatoms. The standard InChI is InChI=1S/C50H78NO8P/c1-5-6-7-8-9-10-11-12-13-16-19-22-25-36-49(52)56-41-45(42-58-60(54,55)57-39-38-51(2,3)4)59-50(53)37-26-23-20-17-14-15-18-21-24-35-48-46-33-29-27-31-43(46)40-44-32-28-30-34-47(44)48/h24,27-35,40,45H,5-23,25-26,36-39,41-42H2,1-4H3/p+1/b35-24+/t45-/m1/s1. The number of esters is 2. The van der Waals surface area contributed by atoms with Crippen LogP contribution in [0.1, 0.15) is 160 Å². The van der Waals surface area contributed by atoms with Crippen LogP contribution < -0.4 is 4.89 Å². The number of ether oxygens (including phenoxy) is 2. The maximum absolute atomic E-state index is 12.8. The molecular weight excluding hydrogens is 774 g/mol. The molecule has 0 spiro atoms. The van der Waals surface area contributed by atoms with Crippen LogP contribution in [0.3, 0.4) is 0 Å². The Hall–Kier alpha value is -2.91. The van der Waals surface area contributed by atoms with E-state index in [2.05, 4.69) is 73.7 Å². The molecule has 1 N–H and O–H groups in total. The number of likely N-dealkylation sites (N-methyl/N-ethyl adjacent to an activating group) is 1. The Labute approximate surface area is 363 Å². The van der Waals surface area contributed by atoms with E-state index in [0.29, 0.717) is 17.4 Å². The Morgan fingerprint density at radius 2 is 1.15 bits per heavy atom. The van der Waals surface area contributed by atoms with Crippen molar-refractivity contribution in [3.05, 3.63) is 66.2 Å². The highest BCUT2D eigenvalue weighted by Gasteiger charge is 2.31. The molecule has 0 heterocycles. The number of hydrogen-bond acceptors (Lipinski definition) is 8. The van der Waals surface area contributed by atoms with Crippen LogP contribution in [0, 0.1) is 0 Å². The summed E-state index contributed by atoms with van der Waals surface area (Å²) in [4.78, 5) is 48.1. The first-order chi connectivity index (χ1) is 29.0. The third-order valence-electron chi connectivity index (χ3n) is 11.0. The van der Waals surface area contributed by atoms with Crippen molar-refractivity contribution in [2.24, 2.45) is 0 Å². The molecule has 0 amide bonds. The monoisotopic (exact) mass is 853 g/mol. The number of phosphoric acid groups is 1. The minimum atomic E-state index is -4.39. The second-order valence-electron chi connectivity index (χ2n) is 17.5. The first-order valence-electron chi connectivity index (χ1n) is 23.3. The highest BCUT2D eigenvalue weighted by molar-refractivity contribution is 7.52. The third-order valence-corrected chi connectivity index (χ3v) is 12.0. The molecule has 3 aromatic rings. The zero-order valence-corrected chi connectivity index (χ0v) is 38.6. The lowest BCUT2D eigenvalue weighted by Crippen LogP contribution is -2.38. The highest BCUT2D eigenvalue weighted by Crippen LogP contribution is 2.47. The summed E-state index contributed by atoms with van der Waals surface area (Å²) in [6, 6.07) is 19.4. The van der Waals surface area contributed by atoms with E-state index in [0.717, 1.165) is 64.2 Å². The lowest BCUT2D eigenvalue weighted by atomic mass is 9.96. The van der Waals surface area contributed by atoms with Gasteiger partial charge in [-0.3, -0.25) is 9.59 Å². The minimum absolute atomic E-state index is 0.0242. The molecule has 0 aliphatic rings. The van der Waals surface area contributed by atoms with Crippen LogP contribution in [-0.2, 0) is 28.1 Å². The average molecular weight is 853 g/mol. The van der Waals surface area contributed by atoms with Crippen LogP contribution in [0.5, 0.6) is 0 Å². The molecular formula is C50H79NO8P+. The topological polar surface area (TPSA) is 114 Å². The van der Waals surface area contributed by atoms with Gasteiger partial charge in [0, 0.05) is 12.8 Å². The van der Waals surface area contributed by atoms with Crippen LogP contribution in [0.4, 0.5) is 0 Å². The second-order valence-corrected chi connectivity index (χ2v) is 19.0. The van der Waals surface area contributed by atoms with Gasteiger partial charge in [-0.05, 0) is 58.9 Å². The second kappa shape index (κ2) is 30.2. The number of unbranched alkanes of at least 4 members (excludes halogenated alkanes) is 19. The van der Waals surface area contributed by atoms with Crippen LogP contribution in [0.25, 0.3) is 27.6 Å². The van der Waals surface area contributed by atoms with E-state index in [4.69, 9.17) is 18.5 Å². The van der Waals surface area contributed by atoms with Crippen LogP contribution in [-0.4, -0.2) is 74.9 Å². The van der Waals surface area contributed by atoms with Crippen molar-refractivity contribution in [3.63, 3.8) is 0 Å². The Morgan fingerprint density at radius 3 is 1.68 bits per heavy atom. The lowest BCUT2D eigenvalue weighted by Gasteiger charge is -2.26.